The monoisotopic (exact) mass is 340 g/mol. The summed E-state index contributed by atoms with van der Waals surface area (Å²) in [5, 5.41) is 0. The van der Waals surface area contributed by atoms with Crippen LogP contribution in [0.1, 0.15) is 22.7 Å². The van der Waals surface area contributed by atoms with Gasteiger partial charge in [0.1, 0.15) is 11.6 Å². The van der Waals surface area contributed by atoms with Crippen molar-refractivity contribution in [2.75, 3.05) is 0 Å². The van der Waals surface area contributed by atoms with Crippen LogP contribution >= 0.6 is 15.9 Å². The van der Waals surface area contributed by atoms with Gasteiger partial charge in [-0.1, -0.05) is 12.1 Å². The van der Waals surface area contributed by atoms with Crippen LogP contribution in [0.2, 0.25) is 0 Å². The third-order valence-electron chi connectivity index (χ3n) is 3.28. The van der Waals surface area contributed by atoms with E-state index in [4.69, 9.17) is 5.84 Å². The Labute approximate surface area is 125 Å². The first kappa shape index (κ1) is 15.1. The fourth-order valence-electron chi connectivity index (χ4n) is 2.11. The highest BCUT2D eigenvalue weighted by Gasteiger charge is 2.14. The molecule has 106 valence electrons. The van der Waals surface area contributed by atoms with Crippen molar-refractivity contribution in [2.24, 2.45) is 5.84 Å². The Balaban J connectivity index is 2.26. The third-order valence-corrected chi connectivity index (χ3v) is 3.92. The first-order valence-electron chi connectivity index (χ1n) is 6.17. The fourth-order valence-corrected chi connectivity index (χ4v) is 2.36. The number of nitrogens with two attached hydrogens (primary N) is 1. The van der Waals surface area contributed by atoms with Crippen LogP contribution in [0, 0.1) is 18.6 Å². The maximum absolute atomic E-state index is 13.6. The van der Waals surface area contributed by atoms with Crippen LogP contribution in [0.25, 0.3) is 0 Å². The van der Waals surface area contributed by atoms with Crippen molar-refractivity contribution in [3.63, 3.8) is 0 Å². The third kappa shape index (κ3) is 3.42. The second kappa shape index (κ2) is 6.43. The standard InChI is InChI=1S/C15H15BrF2N2/c1-9-6-12(17)4-2-10(9)8-15(20-19)11-3-5-13(16)14(18)7-11/h2-7,15,20H,8,19H2,1H3. The number of nitrogens with one attached hydrogen (secondary N) is 1. The largest absolute Gasteiger partial charge is 0.271 e. The quantitative estimate of drug-likeness (QED) is 0.656. The zero-order valence-corrected chi connectivity index (χ0v) is 12.5. The molecule has 5 heteroatoms. The molecule has 2 rings (SSSR count). The Hall–Kier alpha value is -1.30. The van der Waals surface area contributed by atoms with Gasteiger partial charge in [-0.25, -0.2) is 8.78 Å². The lowest BCUT2D eigenvalue weighted by molar-refractivity contribution is 0.541. The van der Waals surface area contributed by atoms with E-state index in [1.54, 1.807) is 18.2 Å². The number of aryl methyl sites for hydroxylation is 1. The maximum Gasteiger partial charge on any atom is 0.137 e. The van der Waals surface area contributed by atoms with Gasteiger partial charge in [0.15, 0.2) is 0 Å². The van der Waals surface area contributed by atoms with Crippen LogP contribution in [0.15, 0.2) is 40.9 Å². The van der Waals surface area contributed by atoms with Crippen molar-refractivity contribution in [1.29, 1.82) is 0 Å². The first-order chi connectivity index (χ1) is 9.51. The first-order valence-corrected chi connectivity index (χ1v) is 6.96. The zero-order chi connectivity index (χ0) is 14.7. The summed E-state index contributed by atoms with van der Waals surface area (Å²) in [5.74, 6) is 4.96. The highest BCUT2D eigenvalue weighted by molar-refractivity contribution is 9.10. The van der Waals surface area contributed by atoms with E-state index in [0.29, 0.717) is 10.9 Å². The van der Waals surface area contributed by atoms with Crippen LogP contribution in [-0.4, -0.2) is 0 Å². The molecule has 3 N–H and O–H groups in total. The number of rotatable bonds is 4. The average Bonchev–Trinajstić information content (AvgIpc) is 2.41. The Morgan fingerprint density at radius 3 is 2.55 bits per heavy atom. The molecule has 0 heterocycles. The normalized spacial score (nSPS) is 12.4. The topological polar surface area (TPSA) is 38.0 Å². The summed E-state index contributed by atoms with van der Waals surface area (Å²) in [4.78, 5) is 0. The molecule has 1 atom stereocenters. The van der Waals surface area contributed by atoms with Gasteiger partial charge in [-0.05, 0) is 70.2 Å². The molecule has 20 heavy (non-hydrogen) atoms. The van der Waals surface area contributed by atoms with E-state index in [9.17, 15) is 8.78 Å². The van der Waals surface area contributed by atoms with Crippen molar-refractivity contribution in [3.05, 3.63) is 69.2 Å². The minimum atomic E-state index is -0.335. The van der Waals surface area contributed by atoms with Gasteiger partial charge in [0, 0.05) is 0 Å². The Bertz CT molecular complexity index is 617. The van der Waals surface area contributed by atoms with Gasteiger partial charge >= 0.3 is 0 Å². The predicted octanol–water partition coefficient (Wildman–Crippen LogP) is 3.78. The van der Waals surface area contributed by atoms with Gasteiger partial charge in [-0.2, -0.15) is 0 Å². The molecule has 0 fully saturated rings. The molecule has 0 amide bonds. The molecule has 2 aromatic rings. The summed E-state index contributed by atoms with van der Waals surface area (Å²) >= 11 is 3.12. The van der Waals surface area contributed by atoms with Crippen molar-refractivity contribution < 1.29 is 8.78 Å². The van der Waals surface area contributed by atoms with Gasteiger partial charge in [0.2, 0.25) is 0 Å². The summed E-state index contributed by atoms with van der Waals surface area (Å²) < 4.78 is 27.1. The van der Waals surface area contributed by atoms with Gasteiger partial charge in [-0.15, -0.1) is 0 Å². The summed E-state index contributed by atoms with van der Waals surface area (Å²) in [6.45, 7) is 1.84. The molecule has 2 aromatic carbocycles. The Morgan fingerprint density at radius 2 is 1.95 bits per heavy atom. The molecule has 0 saturated carbocycles. The van der Waals surface area contributed by atoms with E-state index < -0.39 is 0 Å². The highest BCUT2D eigenvalue weighted by Crippen LogP contribution is 2.24. The number of halogens is 3. The van der Waals surface area contributed by atoms with Crippen molar-refractivity contribution in [2.45, 2.75) is 19.4 Å². The zero-order valence-electron chi connectivity index (χ0n) is 11.0. The molecule has 1 unspecified atom stereocenters. The summed E-state index contributed by atoms with van der Waals surface area (Å²) in [6, 6.07) is 9.27. The van der Waals surface area contributed by atoms with E-state index >= 15 is 0 Å². The number of hydrogen-bond donors (Lipinski definition) is 2. The molecular weight excluding hydrogens is 326 g/mol. The lowest BCUT2D eigenvalue weighted by Gasteiger charge is -2.18. The van der Waals surface area contributed by atoms with Gasteiger partial charge < -0.3 is 0 Å². The highest BCUT2D eigenvalue weighted by atomic mass is 79.9. The lowest BCUT2D eigenvalue weighted by Crippen LogP contribution is -2.29. The molecule has 0 aliphatic rings. The van der Waals surface area contributed by atoms with E-state index in [1.165, 1.54) is 18.2 Å². The molecule has 2 nitrogen and oxygen atoms in total. The van der Waals surface area contributed by atoms with Gasteiger partial charge in [-0.3, -0.25) is 11.3 Å². The molecule has 0 aliphatic carbocycles. The van der Waals surface area contributed by atoms with E-state index in [-0.39, 0.29) is 17.7 Å². The number of hydrogen-bond acceptors (Lipinski definition) is 2. The SMILES string of the molecule is Cc1cc(F)ccc1CC(NN)c1ccc(Br)c(F)c1. The Morgan fingerprint density at radius 1 is 1.20 bits per heavy atom. The van der Waals surface area contributed by atoms with Crippen LogP contribution < -0.4 is 11.3 Å². The summed E-state index contributed by atoms with van der Waals surface area (Å²) in [6.07, 6.45) is 0.559. The number of benzene rings is 2. The van der Waals surface area contributed by atoms with E-state index in [2.05, 4.69) is 21.4 Å². The molecule has 0 bridgehead atoms. The predicted molar refractivity (Wildman–Crippen MR) is 79.0 cm³/mol. The van der Waals surface area contributed by atoms with Crippen LogP contribution in [0.4, 0.5) is 8.78 Å². The molecular formula is C15H15BrF2N2. The van der Waals surface area contributed by atoms with E-state index in [1.807, 2.05) is 6.92 Å². The van der Waals surface area contributed by atoms with Gasteiger partial charge in [0.25, 0.3) is 0 Å². The van der Waals surface area contributed by atoms with Crippen LogP contribution in [0.3, 0.4) is 0 Å². The van der Waals surface area contributed by atoms with Crippen LogP contribution in [0.5, 0.6) is 0 Å². The second-order valence-corrected chi connectivity index (χ2v) is 5.52. The van der Waals surface area contributed by atoms with Gasteiger partial charge in [0.05, 0.1) is 10.5 Å². The molecule has 0 aromatic heterocycles. The molecule has 0 aliphatic heterocycles. The van der Waals surface area contributed by atoms with E-state index in [0.717, 1.165) is 16.7 Å². The minimum absolute atomic E-state index is 0.234. The average molecular weight is 341 g/mol. The Kier molecular flexibility index (Phi) is 4.86. The number of hydrazine groups is 1. The fraction of sp³-hybridized carbons (Fsp3) is 0.200. The summed E-state index contributed by atoms with van der Waals surface area (Å²) in [5.41, 5.74) is 5.25. The molecule has 0 saturated heterocycles. The molecule has 0 spiro atoms. The minimum Gasteiger partial charge on any atom is -0.271 e. The van der Waals surface area contributed by atoms with Crippen molar-refractivity contribution >= 4 is 15.9 Å². The lowest BCUT2D eigenvalue weighted by atomic mass is 9.96. The van der Waals surface area contributed by atoms with Crippen molar-refractivity contribution in [3.8, 4) is 0 Å². The summed E-state index contributed by atoms with van der Waals surface area (Å²) in [7, 11) is 0. The maximum atomic E-state index is 13.6. The second-order valence-electron chi connectivity index (χ2n) is 4.67. The van der Waals surface area contributed by atoms with Crippen molar-refractivity contribution in [1.82, 2.24) is 5.43 Å². The smallest absolute Gasteiger partial charge is 0.137 e. The molecule has 0 radical (unpaired) electrons. The van der Waals surface area contributed by atoms with Crippen LogP contribution in [-0.2, 0) is 6.42 Å².